The molecule has 0 saturated heterocycles. The zero-order chi connectivity index (χ0) is 15.4. The standard InChI is InChI=1S/C16H11FO4/c17-13-9-11(5-7-15(13)19)14(18)6-4-10-2-1-3-12(8-10)16(20)21/h1-9,19H,(H,20,21)/b6-4+. The first-order valence-corrected chi connectivity index (χ1v) is 6.01. The van der Waals surface area contributed by atoms with Gasteiger partial charge in [0.15, 0.2) is 17.3 Å². The quantitative estimate of drug-likeness (QED) is 0.669. The van der Waals surface area contributed by atoms with Gasteiger partial charge in [0.1, 0.15) is 0 Å². The fourth-order valence-corrected chi connectivity index (χ4v) is 1.70. The maximum absolute atomic E-state index is 13.2. The number of carboxylic acid groups (broad SMARTS) is 1. The fraction of sp³-hybridized carbons (Fsp3) is 0. The molecule has 5 heteroatoms. The van der Waals surface area contributed by atoms with Crippen molar-refractivity contribution < 1.29 is 24.2 Å². The first-order chi connectivity index (χ1) is 9.97. The number of hydrogen-bond acceptors (Lipinski definition) is 3. The molecule has 0 fully saturated rings. The summed E-state index contributed by atoms with van der Waals surface area (Å²) in [6.07, 6.45) is 2.66. The molecule has 2 rings (SSSR count). The molecule has 0 aromatic heterocycles. The third-order valence-corrected chi connectivity index (χ3v) is 2.79. The maximum atomic E-state index is 13.2. The molecule has 0 aliphatic rings. The lowest BCUT2D eigenvalue weighted by Crippen LogP contribution is -1.96. The van der Waals surface area contributed by atoms with E-state index in [1.165, 1.54) is 30.4 Å². The number of hydrogen-bond donors (Lipinski definition) is 2. The molecule has 0 spiro atoms. The molecule has 2 N–H and O–H groups in total. The topological polar surface area (TPSA) is 74.6 Å². The molecule has 2 aromatic rings. The van der Waals surface area contributed by atoms with Crippen LogP contribution in [0.2, 0.25) is 0 Å². The highest BCUT2D eigenvalue weighted by molar-refractivity contribution is 6.07. The highest BCUT2D eigenvalue weighted by Crippen LogP contribution is 2.17. The van der Waals surface area contributed by atoms with Crippen molar-refractivity contribution in [2.75, 3.05) is 0 Å². The first kappa shape index (κ1) is 14.5. The Hall–Kier alpha value is -2.95. The molecule has 4 nitrogen and oxygen atoms in total. The highest BCUT2D eigenvalue weighted by atomic mass is 19.1. The summed E-state index contributed by atoms with van der Waals surface area (Å²) in [6.45, 7) is 0. The van der Waals surface area contributed by atoms with Gasteiger partial charge in [0.2, 0.25) is 0 Å². The van der Waals surface area contributed by atoms with Gasteiger partial charge in [-0.3, -0.25) is 4.79 Å². The van der Waals surface area contributed by atoms with E-state index < -0.39 is 23.3 Å². The molecule has 0 amide bonds. The van der Waals surface area contributed by atoms with E-state index in [4.69, 9.17) is 10.2 Å². The lowest BCUT2D eigenvalue weighted by molar-refractivity contribution is 0.0696. The van der Waals surface area contributed by atoms with Gasteiger partial charge in [0, 0.05) is 5.56 Å². The van der Waals surface area contributed by atoms with Gasteiger partial charge in [-0.1, -0.05) is 18.2 Å². The van der Waals surface area contributed by atoms with E-state index in [0.29, 0.717) is 5.56 Å². The van der Waals surface area contributed by atoms with Gasteiger partial charge < -0.3 is 10.2 Å². The van der Waals surface area contributed by atoms with Crippen LogP contribution in [0.1, 0.15) is 26.3 Å². The number of aromatic carboxylic acids is 1. The Morgan fingerprint density at radius 2 is 1.81 bits per heavy atom. The van der Waals surface area contributed by atoms with Crippen LogP contribution < -0.4 is 0 Å². The number of phenols is 1. The lowest BCUT2D eigenvalue weighted by atomic mass is 10.1. The van der Waals surface area contributed by atoms with Crippen LogP contribution in [0, 0.1) is 5.82 Å². The van der Waals surface area contributed by atoms with Crippen LogP contribution in [-0.2, 0) is 0 Å². The predicted molar refractivity (Wildman–Crippen MR) is 74.8 cm³/mol. The molecule has 0 aliphatic heterocycles. The van der Waals surface area contributed by atoms with Crippen LogP contribution in [0.4, 0.5) is 4.39 Å². The molecule has 0 atom stereocenters. The van der Waals surface area contributed by atoms with Crippen molar-refractivity contribution in [2.45, 2.75) is 0 Å². The molecule has 106 valence electrons. The van der Waals surface area contributed by atoms with Crippen molar-refractivity contribution >= 4 is 17.8 Å². The summed E-state index contributed by atoms with van der Waals surface area (Å²) in [6, 6.07) is 9.41. The Kier molecular flexibility index (Phi) is 4.13. The second-order valence-corrected chi connectivity index (χ2v) is 4.29. The molecule has 2 aromatic carbocycles. The van der Waals surface area contributed by atoms with E-state index >= 15 is 0 Å². The largest absolute Gasteiger partial charge is 0.505 e. The lowest BCUT2D eigenvalue weighted by Gasteiger charge is -1.99. The average Bonchev–Trinajstić information content (AvgIpc) is 2.48. The molecular formula is C16H11FO4. The van der Waals surface area contributed by atoms with Crippen LogP contribution in [0.3, 0.4) is 0 Å². The summed E-state index contributed by atoms with van der Waals surface area (Å²) < 4.78 is 13.2. The Labute approximate surface area is 119 Å². The molecule has 0 bridgehead atoms. The van der Waals surface area contributed by atoms with Crippen LogP contribution in [0.15, 0.2) is 48.5 Å². The van der Waals surface area contributed by atoms with Crippen molar-refractivity contribution in [2.24, 2.45) is 0 Å². The summed E-state index contributed by atoms with van der Waals surface area (Å²) in [7, 11) is 0. The molecule has 0 radical (unpaired) electrons. The number of aromatic hydroxyl groups is 1. The summed E-state index contributed by atoms with van der Waals surface area (Å²) in [5, 5.41) is 17.9. The maximum Gasteiger partial charge on any atom is 0.335 e. The van der Waals surface area contributed by atoms with Gasteiger partial charge in [-0.05, 0) is 42.0 Å². The van der Waals surface area contributed by atoms with Crippen molar-refractivity contribution in [3.05, 3.63) is 71.0 Å². The third kappa shape index (κ3) is 3.54. The second kappa shape index (κ2) is 6.00. The van der Waals surface area contributed by atoms with Crippen LogP contribution in [0.25, 0.3) is 6.08 Å². The van der Waals surface area contributed by atoms with Crippen LogP contribution in [0.5, 0.6) is 5.75 Å². The first-order valence-electron chi connectivity index (χ1n) is 6.01. The van der Waals surface area contributed by atoms with Crippen molar-refractivity contribution in [1.29, 1.82) is 0 Å². The van der Waals surface area contributed by atoms with E-state index in [2.05, 4.69) is 0 Å². The SMILES string of the molecule is O=C(O)c1cccc(/C=C/C(=O)c2ccc(O)c(F)c2)c1. The van der Waals surface area contributed by atoms with Crippen molar-refractivity contribution in [3.8, 4) is 5.75 Å². The van der Waals surface area contributed by atoms with E-state index in [9.17, 15) is 14.0 Å². The molecular weight excluding hydrogens is 275 g/mol. The fourth-order valence-electron chi connectivity index (χ4n) is 1.70. The van der Waals surface area contributed by atoms with Gasteiger partial charge >= 0.3 is 5.97 Å². The van der Waals surface area contributed by atoms with Gasteiger partial charge in [0.05, 0.1) is 5.56 Å². The van der Waals surface area contributed by atoms with Gasteiger partial charge in [-0.2, -0.15) is 0 Å². The summed E-state index contributed by atoms with van der Waals surface area (Å²) in [5.74, 6) is -2.90. The summed E-state index contributed by atoms with van der Waals surface area (Å²) in [4.78, 5) is 22.7. The third-order valence-electron chi connectivity index (χ3n) is 2.79. The second-order valence-electron chi connectivity index (χ2n) is 4.29. The number of allylic oxidation sites excluding steroid dienone is 1. The van der Waals surface area contributed by atoms with E-state index in [1.807, 2.05) is 0 Å². The monoisotopic (exact) mass is 286 g/mol. The zero-order valence-corrected chi connectivity index (χ0v) is 10.8. The Morgan fingerprint density at radius 1 is 1.05 bits per heavy atom. The number of rotatable bonds is 4. The minimum Gasteiger partial charge on any atom is -0.505 e. The smallest absolute Gasteiger partial charge is 0.335 e. The summed E-state index contributed by atoms with van der Waals surface area (Å²) >= 11 is 0. The number of phenolic OH excluding ortho intramolecular Hbond substituents is 1. The van der Waals surface area contributed by atoms with E-state index in [-0.39, 0.29) is 11.1 Å². The molecule has 0 heterocycles. The van der Waals surface area contributed by atoms with E-state index in [1.54, 1.807) is 12.1 Å². The Balaban J connectivity index is 2.20. The summed E-state index contributed by atoms with van der Waals surface area (Å²) in [5.41, 5.74) is 0.749. The highest BCUT2D eigenvalue weighted by Gasteiger charge is 2.07. The number of carbonyl (C=O) groups is 2. The number of ketones is 1. The Morgan fingerprint density at radius 3 is 2.48 bits per heavy atom. The minimum absolute atomic E-state index is 0.0935. The van der Waals surface area contributed by atoms with Gasteiger partial charge in [-0.15, -0.1) is 0 Å². The van der Waals surface area contributed by atoms with Crippen LogP contribution in [-0.4, -0.2) is 22.0 Å². The number of halogens is 1. The number of benzene rings is 2. The average molecular weight is 286 g/mol. The van der Waals surface area contributed by atoms with Crippen molar-refractivity contribution in [3.63, 3.8) is 0 Å². The molecule has 21 heavy (non-hydrogen) atoms. The molecule has 0 saturated carbocycles. The van der Waals surface area contributed by atoms with Crippen molar-refractivity contribution in [1.82, 2.24) is 0 Å². The minimum atomic E-state index is -1.06. The normalized spacial score (nSPS) is 10.7. The number of carbonyl (C=O) groups excluding carboxylic acids is 1. The van der Waals surface area contributed by atoms with E-state index in [0.717, 1.165) is 12.1 Å². The molecule has 0 aliphatic carbocycles. The van der Waals surface area contributed by atoms with Gasteiger partial charge in [-0.25, -0.2) is 9.18 Å². The van der Waals surface area contributed by atoms with Gasteiger partial charge in [0.25, 0.3) is 0 Å². The van der Waals surface area contributed by atoms with Crippen LogP contribution >= 0.6 is 0 Å². The Bertz CT molecular complexity index is 735. The number of carboxylic acids is 1. The predicted octanol–water partition coefficient (Wildman–Crippen LogP) is 3.13. The zero-order valence-electron chi connectivity index (χ0n) is 10.8. The molecule has 0 unspecified atom stereocenters.